The second kappa shape index (κ2) is 5.77. The molecule has 1 aromatic rings. The van der Waals surface area contributed by atoms with Crippen LogP contribution >= 0.6 is 0 Å². The van der Waals surface area contributed by atoms with Crippen molar-refractivity contribution < 1.29 is 9.47 Å². The third-order valence-electron chi connectivity index (χ3n) is 4.31. The van der Waals surface area contributed by atoms with Crippen LogP contribution < -0.4 is 5.73 Å². The lowest BCUT2D eigenvalue weighted by Crippen LogP contribution is -2.49. The highest BCUT2D eigenvalue weighted by Gasteiger charge is 2.41. The summed E-state index contributed by atoms with van der Waals surface area (Å²) in [7, 11) is 0. The predicted octanol–water partition coefficient (Wildman–Crippen LogP) is 1.31. The molecule has 2 fully saturated rings. The van der Waals surface area contributed by atoms with Gasteiger partial charge < -0.3 is 15.2 Å². The number of nitrogens with two attached hydrogens (primary N) is 1. The first-order chi connectivity index (χ1) is 9.70. The first-order valence-electron chi connectivity index (χ1n) is 7.38. The Bertz CT molecular complexity index is 422. The van der Waals surface area contributed by atoms with Crippen molar-refractivity contribution in [2.45, 2.75) is 37.6 Å². The lowest BCUT2D eigenvalue weighted by atomic mass is 9.95. The van der Waals surface area contributed by atoms with Crippen LogP contribution in [0.1, 0.15) is 31.4 Å². The molecule has 2 N–H and O–H groups in total. The number of ether oxygens (including phenoxy) is 2. The Morgan fingerprint density at radius 2 is 1.80 bits per heavy atom. The minimum atomic E-state index is -0.322. The molecule has 2 aliphatic heterocycles. The number of nitrogens with zero attached hydrogens (tertiary/aromatic N) is 2. The standard InChI is InChI=1S/C15H23N3O2/c1-12(16)14(13-2-6-17-7-3-13)18-8-4-15(5-9-18)19-10-11-20-15/h2-3,6-7,12,14H,4-5,8-11,16H2,1H3. The zero-order valence-electron chi connectivity index (χ0n) is 12.0. The molecule has 0 saturated carbocycles. The number of likely N-dealkylation sites (tertiary alicyclic amines) is 1. The second-order valence-electron chi connectivity index (χ2n) is 5.73. The number of pyridine rings is 1. The van der Waals surface area contributed by atoms with Crippen molar-refractivity contribution >= 4 is 0 Å². The maximum atomic E-state index is 6.22. The van der Waals surface area contributed by atoms with Gasteiger partial charge in [0.05, 0.1) is 13.2 Å². The smallest absolute Gasteiger partial charge is 0.170 e. The quantitative estimate of drug-likeness (QED) is 0.902. The van der Waals surface area contributed by atoms with Crippen LogP contribution in [-0.2, 0) is 9.47 Å². The molecule has 0 amide bonds. The molecule has 2 atom stereocenters. The van der Waals surface area contributed by atoms with Crippen molar-refractivity contribution in [1.82, 2.24) is 9.88 Å². The van der Waals surface area contributed by atoms with Gasteiger partial charge in [-0.25, -0.2) is 0 Å². The highest BCUT2D eigenvalue weighted by Crippen LogP contribution is 2.35. The number of rotatable bonds is 3. The van der Waals surface area contributed by atoms with Gasteiger partial charge in [-0.15, -0.1) is 0 Å². The summed E-state index contributed by atoms with van der Waals surface area (Å²) in [4.78, 5) is 6.53. The Morgan fingerprint density at radius 1 is 1.20 bits per heavy atom. The van der Waals surface area contributed by atoms with E-state index in [1.807, 2.05) is 12.4 Å². The number of hydrogen-bond acceptors (Lipinski definition) is 5. The third kappa shape index (κ3) is 2.72. The summed E-state index contributed by atoms with van der Waals surface area (Å²) in [5.74, 6) is -0.322. The lowest BCUT2D eigenvalue weighted by Gasteiger charge is -2.42. The maximum Gasteiger partial charge on any atom is 0.170 e. The van der Waals surface area contributed by atoms with Crippen LogP contribution in [0.4, 0.5) is 0 Å². The van der Waals surface area contributed by atoms with Gasteiger partial charge in [0.15, 0.2) is 5.79 Å². The van der Waals surface area contributed by atoms with E-state index in [-0.39, 0.29) is 17.9 Å². The Kier molecular flexibility index (Phi) is 4.03. The fourth-order valence-electron chi connectivity index (χ4n) is 3.34. The van der Waals surface area contributed by atoms with E-state index in [1.165, 1.54) is 5.56 Å². The minimum absolute atomic E-state index is 0.0804. The van der Waals surface area contributed by atoms with Crippen LogP contribution in [0.25, 0.3) is 0 Å². The normalized spacial score (nSPS) is 25.7. The van der Waals surface area contributed by atoms with E-state index in [1.54, 1.807) is 0 Å². The third-order valence-corrected chi connectivity index (χ3v) is 4.31. The molecule has 0 aromatic carbocycles. The van der Waals surface area contributed by atoms with Crippen LogP contribution in [-0.4, -0.2) is 48.0 Å². The molecule has 3 heterocycles. The van der Waals surface area contributed by atoms with Gasteiger partial charge in [-0.1, -0.05) is 0 Å². The van der Waals surface area contributed by atoms with Gasteiger partial charge in [0.1, 0.15) is 0 Å². The van der Waals surface area contributed by atoms with E-state index in [9.17, 15) is 0 Å². The Balaban J connectivity index is 1.71. The van der Waals surface area contributed by atoms with E-state index in [0.717, 1.165) is 39.1 Å². The molecular weight excluding hydrogens is 254 g/mol. The predicted molar refractivity (Wildman–Crippen MR) is 76.1 cm³/mol. The number of piperidine rings is 1. The first-order valence-corrected chi connectivity index (χ1v) is 7.38. The van der Waals surface area contributed by atoms with Crippen LogP contribution in [0.2, 0.25) is 0 Å². The lowest BCUT2D eigenvalue weighted by molar-refractivity contribution is -0.188. The Labute approximate surface area is 120 Å². The molecule has 0 aliphatic carbocycles. The summed E-state index contributed by atoms with van der Waals surface area (Å²) in [6, 6.07) is 4.43. The SMILES string of the molecule is CC(N)C(c1ccncc1)N1CCC2(CC1)OCCO2. The highest BCUT2D eigenvalue weighted by atomic mass is 16.7. The fraction of sp³-hybridized carbons (Fsp3) is 0.667. The largest absolute Gasteiger partial charge is 0.347 e. The number of aromatic nitrogens is 1. The molecule has 0 bridgehead atoms. The summed E-state index contributed by atoms with van der Waals surface area (Å²) < 4.78 is 11.6. The fourth-order valence-corrected chi connectivity index (χ4v) is 3.34. The van der Waals surface area contributed by atoms with E-state index in [2.05, 4.69) is 28.9 Å². The summed E-state index contributed by atoms with van der Waals surface area (Å²) in [5.41, 5.74) is 7.46. The van der Waals surface area contributed by atoms with E-state index < -0.39 is 0 Å². The Hall–Kier alpha value is -1.01. The average molecular weight is 277 g/mol. The van der Waals surface area contributed by atoms with Crippen molar-refractivity contribution in [2.24, 2.45) is 5.73 Å². The van der Waals surface area contributed by atoms with Crippen molar-refractivity contribution in [3.63, 3.8) is 0 Å². The second-order valence-corrected chi connectivity index (χ2v) is 5.73. The van der Waals surface area contributed by atoms with Gasteiger partial charge in [0, 0.05) is 50.4 Å². The van der Waals surface area contributed by atoms with E-state index in [4.69, 9.17) is 15.2 Å². The molecule has 2 saturated heterocycles. The molecule has 20 heavy (non-hydrogen) atoms. The average Bonchev–Trinajstić information content (AvgIpc) is 2.91. The van der Waals surface area contributed by atoms with E-state index >= 15 is 0 Å². The van der Waals surface area contributed by atoms with Gasteiger partial charge in [0.2, 0.25) is 0 Å². The number of hydrogen-bond donors (Lipinski definition) is 1. The molecule has 5 nitrogen and oxygen atoms in total. The van der Waals surface area contributed by atoms with Gasteiger partial charge >= 0.3 is 0 Å². The molecule has 3 rings (SSSR count). The summed E-state index contributed by atoms with van der Waals surface area (Å²) in [6.45, 7) is 5.42. The molecule has 1 aromatic heterocycles. The van der Waals surface area contributed by atoms with Crippen molar-refractivity contribution in [3.8, 4) is 0 Å². The van der Waals surface area contributed by atoms with Gasteiger partial charge in [-0.05, 0) is 24.6 Å². The molecule has 0 radical (unpaired) electrons. The topological polar surface area (TPSA) is 60.6 Å². The molecule has 2 unspecified atom stereocenters. The van der Waals surface area contributed by atoms with Gasteiger partial charge in [0.25, 0.3) is 0 Å². The van der Waals surface area contributed by atoms with Crippen LogP contribution in [0.3, 0.4) is 0 Å². The van der Waals surface area contributed by atoms with Gasteiger partial charge in [-0.3, -0.25) is 9.88 Å². The molecule has 5 heteroatoms. The van der Waals surface area contributed by atoms with Crippen LogP contribution in [0.15, 0.2) is 24.5 Å². The summed E-state index contributed by atoms with van der Waals surface area (Å²) in [5, 5.41) is 0. The zero-order chi connectivity index (χ0) is 14.0. The van der Waals surface area contributed by atoms with Crippen LogP contribution in [0, 0.1) is 0 Å². The van der Waals surface area contributed by atoms with E-state index in [0.29, 0.717) is 0 Å². The molecule has 110 valence electrons. The van der Waals surface area contributed by atoms with Gasteiger partial charge in [-0.2, -0.15) is 0 Å². The minimum Gasteiger partial charge on any atom is -0.347 e. The summed E-state index contributed by atoms with van der Waals surface area (Å²) in [6.07, 6.45) is 5.50. The Morgan fingerprint density at radius 3 is 2.35 bits per heavy atom. The summed E-state index contributed by atoms with van der Waals surface area (Å²) >= 11 is 0. The zero-order valence-corrected chi connectivity index (χ0v) is 12.0. The van der Waals surface area contributed by atoms with Crippen molar-refractivity contribution in [2.75, 3.05) is 26.3 Å². The maximum absolute atomic E-state index is 6.22. The highest BCUT2D eigenvalue weighted by molar-refractivity contribution is 5.17. The molecule has 1 spiro atoms. The molecular formula is C15H23N3O2. The van der Waals surface area contributed by atoms with Crippen LogP contribution in [0.5, 0.6) is 0 Å². The molecule has 2 aliphatic rings. The van der Waals surface area contributed by atoms with Crippen molar-refractivity contribution in [1.29, 1.82) is 0 Å². The first kappa shape index (κ1) is 13.9. The van der Waals surface area contributed by atoms with Crippen molar-refractivity contribution in [3.05, 3.63) is 30.1 Å². The monoisotopic (exact) mass is 277 g/mol.